The Hall–Kier alpha value is -2.82. The van der Waals surface area contributed by atoms with E-state index >= 15 is 0 Å². The molecular formula is C18H16O5. The summed E-state index contributed by atoms with van der Waals surface area (Å²) >= 11 is 0. The summed E-state index contributed by atoms with van der Waals surface area (Å²) < 4.78 is 5.07. The lowest BCUT2D eigenvalue weighted by Gasteiger charge is -2.14. The SMILES string of the molecule is O=C1OC[C@@H](C(=O)c2cccc(O)c2)[C@@H]1Cc1cccc(O)c1. The average Bonchev–Trinajstić information content (AvgIpc) is 2.88. The van der Waals surface area contributed by atoms with Crippen molar-refractivity contribution in [2.75, 3.05) is 6.61 Å². The van der Waals surface area contributed by atoms with E-state index < -0.39 is 17.8 Å². The predicted octanol–water partition coefficient (Wildman–Crippen LogP) is 2.31. The summed E-state index contributed by atoms with van der Waals surface area (Å²) in [5.41, 5.74) is 1.12. The van der Waals surface area contributed by atoms with Crippen molar-refractivity contribution in [2.24, 2.45) is 11.8 Å². The fourth-order valence-corrected chi connectivity index (χ4v) is 2.85. The summed E-state index contributed by atoms with van der Waals surface area (Å²) in [6, 6.07) is 12.7. The number of carbonyl (C=O) groups is 2. The van der Waals surface area contributed by atoms with Gasteiger partial charge in [-0.05, 0) is 36.2 Å². The third-order valence-corrected chi connectivity index (χ3v) is 4.03. The molecule has 1 heterocycles. The van der Waals surface area contributed by atoms with Crippen LogP contribution in [0.5, 0.6) is 11.5 Å². The fourth-order valence-electron chi connectivity index (χ4n) is 2.85. The van der Waals surface area contributed by atoms with Crippen LogP contribution in [-0.2, 0) is 16.0 Å². The van der Waals surface area contributed by atoms with Crippen molar-refractivity contribution in [3.05, 3.63) is 59.7 Å². The predicted molar refractivity (Wildman–Crippen MR) is 82.2 cm³/mol. The van der Waals surface area contributed by atoms with Crippen LogP contribution in [0.25, 0.3) is 0 Å². The number of esters is 1. The molecule has 0 aliphatic carbocycles. The van der Waals surface area contributed by atoms with Gasteiger partial charge in [0.15, 0.2) is 5.78 Å². The monoisotopic (exact) mass is 312 g/mol. The summed E-state index contributed by atoms with van der Waals surface area (Å²) in [5.74, 6) is -1.70. The van der Waals surface area contributed by atoms with Crippen LogP contribution in [0.15, 0.2) is 48.5 Å². The third-order valence-electron chi connectivity index (χ3n) is 4.03. The van der Waals surface area contributed by atoms with Crippen LogP contribution in [0.3, 0.4) is 0 Å². The van der Waals surface area contributed by atoms with E-state index in [2.05, 4.69) is 0 Å². The minimum absolute atomic E-state index is 0.00521. The zero-order valence-electron chi connectivity index (χ0n) is 12.3. The normalized spacial score (nSPS) is 20.3. The van der Waals surface area contributed by atoms with E-state index in [1.807, 2.05) is 0 Å². The maximum atomic E-state index is 12.6. The summed E-state index contributed by atoms with van der Waals surface area (Å²) in [4.78, 5) is 24.6. The molecule has 1 aliphatic rings. The number of cyclic esters (lactones) is 1. The molecule has 2 N–H and O–H groups in total. The largest absolute Gasteiger partial charge is 0.508 e. The number of ether oxygens (including phenoxy) is 1. The molecule has 1 aliphatic heterocycles. The second-order valence-corrected chi connectivity index (χ2v) is 5.63. The molecular weight excluding hydrogens is 296 g/mol. The van der Waals surface area contributed by atoms with Gasteiger partial charge in [-0.3, -0.25) is 9.59 Å². The van der Waals surface area contributed by atoms with E-state index in [-0.39, 0.29) is 23.9 Å². The molecule has 0 saturated carbocycles. The minimum atomic E-state index is -0.591. The van der Waals surface area contributed by atoms with Crippen LogP contribution in [0, 0.1) is 11.8 Å². The number of Topliss-reactive ketones (excluding diaryl/α,β-unsaturated/α-hetero) is 1. The first-order valence-corrected chi connectivity index (χ1v) is 7.32. The summed E-state index contributed by atoms with van der Waals surface area (Å²) in [7, 11) is 0. The van der Waals surface area contributed by atoms with Gasteiger partial charge in [0.05, 0.1) is 11.8 Å². The zero-order valence-corrected chi connectivity index (χ0v) is 12.3. The van der Waals surface area contributed by atoms with E-state index in [1.54, 1.807) is 36.4 Å². The number of ketones is 1. The molecule has 5 nitrogen and oxygen atoms in total. The summed E-state index contributed by atoms with van der Waals surface area (Å²) in [6.45, 7) is 0.0385. The van der Waals surface area contributed by atoms with Gasteiger partial charge in [0.25, 0.3) is 0 Å². The molecule has 2 aromatic carbocycles. The molecule has 0 radical (unpaired) electrons. The molecule has 0 bridgehead atoms. The van der Waals surface area contributed by atoms with Gasteiger partial charge in [-0.25, -0.2) is 0 Å². The van der Waals surface area contributed by atoms with E-state index in [0.29, 0.717) is 12.0 Å². The second-order valence-electron chi connectivity index (χ2n) is 5.63. The van der Waals surface area contributed by atoms with Gasteiger partial charge >= 0.3 is 5.97 Å². The smallest absolute Gasteiger partial charge is 0.310 e. The number of hydrogen-bond acceptors (Lipinski definition) is 5. The van der Waals surface area contributed by atoms with Gasteiger partial charge in [0.1, 0.15) is 18.1 Å². The number of rotatable bonds is 4. The van der Waals surface area contributed by atoms with Crippen molar-refractivity contribution in [3.63, 3.8) is 0 Å². The van der Waals surface area contributed by atoms with Crippen LogP contribution >= 0.6 is 0 Å². The molecule has 1 saturated heterocycles. The van der Waals surface area contributed by atoms with Crippen molar-refractivity contribution in [1.29, 1.82) is 0 Å². The summed E-state index contributed by atoms with van der Waals surface area (Å²) in [6.07, 6.45) is 0.322. The second kappa shape index (κ2) is 6.12. The Morgan fingerprint density at radius 3 is 2.48 bits per heavy atom. The van der Waals surface area contributed by atoms with Gasteiger partial charge < -0.3 is 14.9 Å². The number of phenols is 2. The van der Waals surface area contributed by atoms with Gasteiger partial charge in [-0.15, -0.1) is 0 Å². The number of hydrogen-bond donors (Lipinski definition) is 2. The standard InChI is InChI=1S/C18H16O5/c19-13-5-1-3-11(7-13)8-15-16(10-23-18(15)22)17(21)12-4-2-6-14(20)9-12/h1-7,9,15-16,19-20H,8,10H2/t15-,16+/m0/s1. The number of phenolic OH excluding ortho intramolecular Hbond substituents is 2. The highest BCUT2D eigenvalue weighted by Crippen LogP contribution is 2.30. The number of benzene rings is 2. The molecule has 5 heteroatoms. The average molecular weight is 312 g/mol. The van der Waals surface area contributed by atoms with Crippen LogP contribution < -0.4 is 0 Å². The molecule has 2 aromatic rings. The summed E-state index contributed by atoms with van der Waals surface area (Å²) in [5, 5.41) is 19.0. The molecule has 0 spiro atoms. The molecule has 2 atom stereocenters. The lowest BCUT2D eigenvalue weighted by atomic mass is 9.84. The van der Waals surface area contributed by atoms with Gasteiger partial charge in [0, 0.05) is 5.56 Å². The van der Waals surface area contributed by atoms with Gasteiger partial charge in [0.2, 0.25) is 0 Å². The van der Waals surface area contributed by atoms with Crippen molar-refractivity contribution in [1.82, 2.24) is 0 Å². The Kier molecular flexibility index (Phi) is 4.02. The molecule has 118 valence electrons. The number of carbonyl (C=O) groups excluding carboxylic acids is 2. The quantitative estimate of drug-likeness (QED) is 0.668. The zero-order chi connectivity index (χ0) is 16.4. The lowest BCUT2D eigenvalue weighted by molar-refractivity contribution is -0.141. The lowest BCUT2D eigenvalue weighted by Crippen LogP contribution is -2.26. The topological polar surface area (TPSA) is 83.8 Å². The van der Waals surface area contributed by atoms with Crippen LogP contribution in [0.1, 0.15) is 15.9 Å². The fraction of sp³-hybridized carbons (Fsp3) is 0.222. The van der Waals surface area contributed by atoms with Crippen LogP contribution in [-0.4, -0.2) is 28.6 Å². The molecule has 1 fully saturated rings. The van der Waals surface area contributed by atoms with Gasteiger partial charge in [-0.2, -0.15) is 0 Å². The van der Waals surface area contributed by atoms with Crippen molar-refractivity contribution in [3.8, 4) is 11.5 Å². The van der Waals surface area contributed by atoms with E-state index in [1.165, 1.54) is 12.1 Å². The third kappa shape index (κ3) is 3.18. The number of aromatic hydroxyl groups is 2. The highest BCUT2D eigenvalue weighted by Gasteiger charge is 2.41. The molecule has 3 rings (SSSR count). The van der Waals surface area contributed by atoms with Gasteiger partial charge in [-0.1, -0.05) is 24.3 Å². The molecule has 0 amide bonds. The van der Waals surface area contributed by atoms with E-state index in [0.717, 1.165) is 5.56 Å². The molecule has 23 heavy (non-hydrogen) atoms. The first-order chi connectivity index (χ1) is 11.0. The van der Waals surface area contributed by atoms with E-state index in [4.69, 9.17) is 4.74 Å². The van der Waals surface area contributed by atoms with Crippen molar-refractivity contribution in [2.45, 2.75) is 6.42 Å². The molecule has 0 unspecified atom stereocenters. The Morgan fingerprint density at radius 1 is 1.09 bits per heavy atom. The maximum Gasteiger partial charge on any atom is 0.310 e. The first kappa shape index (κ1) is 15.1. The van der Waals surface area contributed by atoms with Crippen molar-refractivity contribution < 1.29 is 24.5 Å². The Morgan fingerprint density at radius 2 is 1.78 bits per heavy atom. The highest BCUT2D eigenvalue weighted by molar-refractivity contribution is 6.01. The van der Waals surface area contributed by atoms with E-state index in [9.17, 15) is 19.8 Å². The Balaban J connectivity index is 1.83. The van der Waals surface area contributed by atoms with Crippen molar-refractivity contribution >= 4 is 11.8 Å². The minimum Gasteiger partial charge on any atom is -0.508 e. The Labute approximate surface area is 133 Å². The highest BCUT2D eigenvalue weighted by atomic mass is 16.5. The van der Waals surface area contributed by atoms with Crippen LogP contribution in [0.2, 0.25) is 0 Å². The first-order valence-electron chi connectivity index (χ1n) is 7.32. The van der Waals surface area contributed by atoms with Crippen LogP contribution in [0.4, 0.5) is 0 Å². The maximum absolute atomic E-state index is 12.6. The Bertz CT molecular complexity index is 753. The molecule has 0 aromatic heterocycles.